The van der Waals surface area contributed by atoms with Crippen LogP contribution in [-0.4, -0.2) is 4.98 Å². The molecule has 1 atom stereocenters. The molecule has 4 bridgehead atoms. The van der Waals surface area contributed by atoms with Crippen molar-refractivity contribution in [3.05, 3.63) is 11.2 Å². The topological polar surface area (TPSA) is 38.9 Å². The van der Waals surface area contributed by atoms with Crippen molar-refractivity contribution in [2.45, 2.75) is 51.4 Å². The summed E-state index contributed by atoms with van der Waals surface area (Å²) < 4.78 is 0. The van der Waals surface area contributed by atoms with Crippen molar-refractivity contribution in [3.63, 3.8) is 0 Å². The van der Waals surface area contributed by atoms with Gasteiger partial charge in [0.25, 0.3) is 0 Å². The molecule has 0 amide bonds. The van der Waals surface area contributed by atoms with Gasteiger partial charge in [0.2, 0.25) is 0 Å². The van der Waals surface area contributed by atoms with E-state index in [9.17, 15) is 0 Å². The highest BCUT2D eigenvalue weighted by Crippen LogP contribution is 2.64. The molecule has 98 valence electrons. The van der Waals surface area contributed by atoms with Crippen molar-refractivity contribution in [3.8, 4) is 0 Å². The van der Waals surface area contributed by atoms with Gasteiger partial charge in [0.05, 0.1) is 11.2 Å². The summed E-state index contributed by atoms with van der Waals surface area (Å²) in [6.45, 7) is 2.39. The lowest BCUT2D eigenvalue weighted by molar-refractivity contribution is -0.0660. The van der Waals surface area contributed by atoms with Crippen LogP contribution in [0.15, 0.2) is 5.51 Å². The quantitative estimate of drug-likeness (QED) is 0.873. The molecule has 4 aliphatic rings. The standard InChI is InChI=1S/C15H22N2S/c1-9(13-14(16)18-8-17-13)15-5-10-2-11(6-15)4-12(3-10)7-15/h8-12H,2-7,16H2,1H3. The minimum absolute atomic E-state index is 0.539. The predicted octanol–water partition coefficient (Wildman–Crippen LogP) is 4.05. The fourth-order valence-corrected chi connectivity index (χ4v) is 6.22. The molecule has 4 aliphatic carbocycles. The lowest BCUT2D eigenvalue weighted by Crippen LogP contribution is -2.48. The second-order valence-corrected chi connectivity index (χ2v) is 7.99. The Hall–Kier alpha value is -0.570. The molecule has 1 unspecified atom stereocenters. The van der Waals surface area contributed by atoms with E-state index in [-0.39, 0.29) is 0 Å². The zero-order valence-electron chi connectivity index (χ0n) is 11.1. The molecular formula is C15H22N2S. The molecule has 0 aromatic carbocycles. The first-order valence-corrected chi connectivity index (χ1v) is 8.23. The van der Waals surface area contributed by atoms with Gasteiger partial charge in [-0.3, -0.25) is 0 Å². The van der Waals surface area contributed by atoms with E-state index in [0.717, 1.165) is 22.8 Å². The first kappa shape index (κ1) is 11.3. The van der Waals surface area contributed by atoms with Crippen LogP contribution in [0, 0.1) is 23.2 Å². The molecular weight excluding hydrogens is 240 g/mol. The third-order valence-corrected chi connectivity index (χ3v) is 6.71. The first-order valence-electron chi connectivity index (χ1n) is 7.35. The summed E-state index contributed by atoms with van der Waals surface area (Å²) in [6, 6.07) is 0. The van der Waals surface area contributed by atoms with Crippen LogP contribution in [0.3, 0.4) is 0 Å². The van der Waals surface area contributed by atoms with Crippen molar-refractivity contribution in [2.75, 3.05) is 5.73 Å². The summed E-state index contributed by atoms with van der Waals surface area (Å²) >= 11 is 1.60. The minimum atomic E-state index is 0.539. The van der Waals surface area contributed by atoms with Gasteiger partial charge in [-0.25, -0.2) is 4.98 Å². The van der Waals surface area contributed by atoms with Crippen LogP contribution in [0.25, 0.3) is 0 Å². The van der Waals surface area contributed by atoms with Crippen LogP contribution in [-0.2, 0) is 0 Å². The summed E-state index contributed by atoms with van der Waals surface area (Å²) in [4.78, 5) is 4.57. The highest BCUT2D eigenvalue weighted by molar-refractivity contribution is 7.13. The maximum absolute atomic E-state index is 6.12. The van der Waals surface area contributed by atoms with E-state index in [2.05, 4.69) is 11.9 Å². The van der Waals surface area contributed by atoms with Gasteiger partial charge in [-0.15, -0.1) is 11.3 Å². The van der Waals surface area contributed by atoms with Gasteiger partial charge in [0, 0.05) is 5.92 Å². The van der Waals surface area contributed by atoms with Gasteiger partial charge in [-0.05, 0) is 61.7 Å². The molecule has 2 N–H and O–H groups in total. The van der Waals surface area contributed by atoms with Crippen LogP contribution in [0.4, 0.5) is 5.00 Å². The largest absolute Gasteiger partial charge is 0.389 e. The summed E-state index contributed by atoms with van der Waals surface area (Å²) in [6.07, 6.45) is 8.86. The SMILES string of the molecule is CC(c1ncsc1N)C12CC3CC(CC(C3)C1)C2. The van der Waals surface area contributed by atoms with Crippen molar-refractivity contribution < 1.29 is 0 Å². The van der Waals surface area contributed by atoms with Crippen LogP contribution >= 0.6 is 11.3 Å². The summed E-state index contributed by atoms with van der Waals surface area (Å²) in [5.74, 6) is 3.60. The number of nitrogens with two attached hydrogens (primary N) is 1. The molecule has 4 fully saturated rings. The molecule has 3 heteroatoms. The lowest BCUT2D eigenvalue weighted by Gasteiger charge is -2.59. The third kappa shape index (κ3) is 1.49. The van der Waals surface area contributed by atoms with E-state index in [4.69, 9.17) is 5.73 Å². The van der Waals surface area contributed by atoms with E-state index in [1.54, 1.807) is 11.3 Å². The number of aromatic nitrogens is 1. The number of rotatable bonds is 2. The fourth-order valence-electron chi connectivity index (χ4n) is 5.59. The maximum Gasteiger partial charge on any atom is 0.109 e. The van der Waals surface area contributed by atoms with E-state index >= 15 is 0 Å². The van der Waals surface area contributed by atoms with Crippen molar-refractivity contribution in [1.29, 1.82) is 0 Å². The van der Waals surface area contributed by atoms with Gasteiger partial charge >= 0.3 is 0 Å². The number of hydrogen-bond donors (Lipinski definition) is 1. The predicted molar refractivity (Wildman–Crippen MR) is 75.5 cm³/mol. The van der Waals surface area contributed by atoms with Gasteiger partial charge < -0.3 is 5.73 Å². The van der Waals surface area contributed by atoms with Crippen molar-refractivity contribution in [2.24, 2.45) is 23.2 Å². The zero-order valence-corrected chi connectivity index (χ0v) is 11.9. The maximum atomic E-state index is 6.12. The molecule has 0 spiro atoms. The molecule has 1 aromatic heterocycles. The van der Waals surface area contributed by atoms with E-state index in [0.29, 0.717) is 11.3 Å². The molecule has 0 aliphatic heterocycles. The molecule has 5 rings (SSSR count). The minimum Gasteiger partial charge on any atom is -0.389 e. The lowest BCUT2D eigenvalue weighted by atomic mass is 9.46. The molecule has 18 heavy (non-hydrogen) atoms. The monoisotopic (exact) mass is 262 g/mol. The Labute approximate surface area is 113 Å². The Bertz CT molecular complexity index is 430. The van der Waals surface area contributed by atoms with Crippen LogP contribution < -0.4 is 5.73 Å². The van der Waals surface area contributed by atoms with Crippen LogP contribution in [0.5, 0.6) is 0 Å². The Morgan fingerprint density at radius 3 is 2.22 bits per heavy atom. The van der Waals surface area contributed by atoms with E-state index in [1.165, 1.54) is 44.2 Å². The Morgan fingerprint density at radius 1 is 1.22 bits per heavy atom. The molecule has 1 heterocycles. The number of nitrogens with zero attached hydrogens (tertiary/aromatic N) is 1. The zero-order chi connectivity index (χ0) is 12.3. The molecule has 2 nitrogen and oxygen atoms in total. The Morgan fingerprint density at radius 2 is 1.78 bits per heavy atom. The Balaban J connectivity index is 1.69. The van der Waals surface area contributed by atoms with Crippen molar-refractivity contribution in [1.82, 2.24) is 4.98 Å². The van der Waals surface area contributed by atoms with Crippen LogP contribution in [0.2, 0.25) is 0 Å². The number of hydrogen-bond acceptors (Lipinski definition) is 3. The third-order valence-electron chi connectivity index (χ3n) is 6.04. The second-order valence-electron chi connectivity index (χ2n) is 7.10. The van der Waals surface area contributed by atoms with Gasteiger partial charge in [-0.1, -0.05) is 6.92 Å². The summed E-state index contributed by atoms with van der Waals surface area (Å²) in [7, 11) is 0. The van der Waals surface area contributed by atoms with Gasteiger partial charge in [0.15, 0.2) is 0 Å². The average molecular weight is 262 g/mol. The Kier molecular flexibility index (Phi) is 2.33. The summed E-state index contributed by atoms with van der Waals surface area (Å²) in [5.41, 5.74) is 9.77. The average Bonchev–Trinajstić information content (AvgIpc) is 2.72. The highest BCUT2D eigenvalue weighted by atomic mass is 32.1. The van der Waals surface area contributed by atoms with Crippen LogP contribution in [0.1, 0.15) is 57.1 Å². The van der Waals surface area contributed by atoms with E-state index < -0.39 is 0 Å². The van der Waals surface area contributed by atoms with Gasteiger partial charge in [0.1, 0.15) is 5.00 Å². The molecule has 0 radical (unpaired) electrons. The number of anilines is 1. The first-order chi connectivity index (χ1) is 8.66. The molecule has 1 aromatic rings. The molecule has 4 saturated carbocycles. The smallest absolute Gasteiger partial charge is 0.109 e. The normalized spacial score (nSPS) is 43.3. The fraction of sp³-hybridized carbons (Fsp3) is 0.800. The van der Waals surface area contributed by atoms with Gasteiger partial charge in [-0.2, -0.15) is 0 Å². The summed E-state index contributed by atoms with van der Waals surface area (Å²) in [5, 5.41) is 0.957. The van der Waals surface area contributed by atoms with E-state index in [1.807, 2.05) is 5.51 Å². The molecule has 0 saturated heterocycles. The van der Waals surface area contributed by atoms with Crippen molar-refractivity contribution >= 4 is 16.3 Å². The second kappa shape index (κ2) is 3.72. The number of nitrogen functional groups attached to an aromatic ring is 1. The highest BCUT2D eigenvalue weighted by Gasteiger charge is 2.53. The number of thiazole rings is 1.